The zero-order valence-electron chi connectivity index (χ0n) is 7.55. The highest BCUT2D eigenvalue weighted by Crippen LogP contribution is 2.08. The van der Waals surface area contributed by atoms with Gasteiger partial charge in [-0.1, -0.05) is 24.5 Å². The molecule has 11 heavy (non-hydrogen) atoms. The summed E-state index contributed by atoms with van der Waals surface area (Å²) in [6.45, 7) is 5.22. The molecule has 0 spiro atoms. The molecule has 3 heteroatoms. The summed E-state index contributed by atoms with van der Waals surface area (Å²) in [4.78, 5) is 0. The summed E-state index contributed by atoms with van der Waals surface area (Å²) in [5, 5.41) is 11.1. The van der Waals surface area contributed by atoms with Crippen molar-refractivity contribution in [3.8, 4) is 0 Å². The smallest absolute Gasteiger partial charge is 0.142 e. The number of unbranched alkanes of at least 4 members (excludes halogenated alkanes) is 1. The third-order valence-corrected chi connectivity index (χ3v) is 3.00. The fraction of sp³-hybridized carbons (Fsp3) is 1.00. The summed E-state index contributed by atoms with van der Waals surface area (Å²) in [5.41, 5.74) is -1.03. The van der Waals surface area contributed by atoms with Crippen LogP contribution < -0.4 is 0 Å². The van der Waals surface area contributed by atoms with Gasteiger partial charge in [-0.3, -0.25) is 0 Å². The molecule has 0 bridgehead atoms. The van der Waals surface area contributed by atoms with Crippen LogP contribution in [0.1, 0.15) is 33.6 Å². The van der Waals surface area contributed by atoms with Gasteiger partial charge in [0, 0.05) is 0 Å². The summed E-state index contributed by atoms with van der Waals surface area (Å²) in [5.74, 6) is 0.967. The quantitative estimate of drug-likeness (QED) is 0.590. The summed E-state index contributed by atoms with van der Waals surface area (Å²) in [7, 11) is 0. The Kier molecular flexibility index (Phi) is 5.13. The van der Waals surface area contributed by atoms with Gasteiger partial charge in [-0.05, 0) is 20.3 Å². The molecule has 0 saturated carbocycles. The van der Waals surface area contributed by atoms with Crippen LogP contribution in [0.15, 0.2) is 0 Å². The van der Waals surface area contributed by atoms with Crippen LogP contribution in [0.5, 0.6) is 0 Å². The molecule has 67 valence electrons. The van der Waals surface area contributed by atoms with Gasteiger partial charge in [-0.25, -0.2) is 5.11 Å². The molecule has 2 nitrogen and oxygen atoms in total. The van der Waals surface area contributed by atoms with E-state index in [1.165, 1.54) is 0 Å². The van der Waals surface area contributed by atoms with E-state index < -0.39 is 16.8 Å². The summed E-state index contributed by atoms with van der Waals surface area (Å²) < 4.78 is 11.1. The van der Waals surface area contributed by atoms with Crippen LogP contribution in [0.3, 0.4) is 0 Å². The first-order valence-corrected chi connectivity index (χ1v) is 5.50. The first-order chi connectivity index (χ1) is 4.95. The number of rotatable bonds is 5. The zero-order chi connectivity index (χ0) is 8.91. The Hall–Kier alpha value is 0.270. The van der Waals surface area contributed by atoms with Crippen molar-refractivity contribution in [1.82, 2.24) is 0 Å². The highest BCUT2D eigenvalue weighted by atomic mass is 32.2. The standard InChI is InChI=1S/C8H17O2S/c1-4-5-6-11(10)7-8(2,3)9/h4-7H2,1-3H3. The normalized spacial score (nSPS) is 15.0. The lowest BCUT2D eigenvalue weighted by molar-refractivity contribution is 0.0249. The van der Waals surface area contributed by atoms with Crippen molar-refractivity contribution >= 4 is 11.2 Å². The molecule has 0 amide bonds. The Morgan fingerprint density at radius 3 is 2.36 bits per heavy atom. The molecule has 1 unspecified atom stereocenters. The highest BCUT2D eigenvalue weighted by molar-refractivity contribution is 7.91. The second kappa shape index (κ2) is 5.01. The molecule has 0 fully saturated rings. The minimum Gasteiger partial charge on any atom is -0.616 e. The average Bonchev–Trinajstić information content (AvgIpc) is 1.79. The molecule has 0 N–H and O–H groups in total. The molecule has 0 aliphatic carbocycles. The molecule has 0 aromatic carbocycles. The minimum absolute atomic E-state index is 0.285. The number of hydrogen-bond donors (Lipinski definition) is 0. The SMILES string of the molecule is CCCC[S+]([O-])CC(C)(C)[O]. The second-order valence-electron chi connectivity index (χ2n) is 3.40. The summed E-state index contributed by atoms with van der Waals surface area (Å²) in [6.07, 6.45) is 2.01. The lowest BCUT2D eigenvalue weighted by atomic mass is 10.2. The number of hydrogen-bond acceptors (Lipinski definition) is 1. The fourth-order valence-corrected chi connectivity index (χ4v) is 2.30. The van der Waals surface area contributed by atoms with Gasteiger partial charge in [0.1, 0.15) is 17.1 Å². The Morgan fingerprint density at radius 2 is 2.00 bits per heavy atom. The van der Waals surface area contributed by atoms with Gasteiger partial charge < -0.3 is 4.55 Å². The van der Waals surface area contributed by atoms with Crippen molar-refractivity contribution in [3.05, 3.63) is 0 Å². The van der Waals surface area contributed by atoms with E-state index in [0.29, 0.717) is 5.75 Å². The molecule has 0 aromatic heterocycles. The van der Waals surface area contributed by atoms with Gasteiger partial charge in [0.2, 0.25) is 0 Å². The minimum atomic E-state index is -1.03. The van der Waals surface area contributed by atoms with Crippen LogP contribution in [0.2, 0.25) is 0 Å². The third-order valence-electron chi connectivity index (χ3n) is 1.23. The van der Waals surface area contributed by atoms with Crippen molar-refractivity contribution < 1.29 is 9.66 Å². The van der Waals surface area contributed by atoms with Crippen LogP contribution in [-0.2, 0) is 16.3 Å². The van der Waals surface area contributed by atoms with E-state index >= 15 is 0 Å². The van der Waals surface area contributed by atoms with Gasteiger partial charge in [0.05, 0.1) is 0 Å². The first kappa shape index (κ1) is 11.3. The van der Waals surface area contributed by atoms with E-state index in [9.17, 15) is 9.66 Å². The second-order valence-corrected chi connectivity index (χ2v) is 4.98. The van der Waals surface area contributed by atoms with Gasteiger partial charge in [-0.15, -0.1) is 0 Å². The summed E-state index contributed by atoms with van der Waals surface area (Å²) >= 11 is -0.902. The van der Waals surface area contributed by atoms with Crippen molar-refractivity contribution in [1.29, 1.82) is 0 Å². The lowest BCUT2D eigenvalue weighted by Gasteiger charge is -2.17. The monoisotopic (exact) mass is 177 g/mol. The molecular formula is C8H17O2S. The van der Waals surface area contributed by atoms with Crippen molar-refractivity contribution in [3.63, 3.8) is 0 Å². The highest BCUT2D eigenvalue weighted by Gasteiger charge is 2.22. The van der Waals surface area contributed by atoms with E-state index in [0.717, 1.165) is 12.8 Å². The fourth-order valence-electron chi connectivity index (χ4n) is 0.765. The first-order valence-electron chi connectivity index (χ1n) is 4.01. The molecule has 0 aliphatic heterocycles. The topological polar surface area (TPSA) is 43.0 Å². The van der Waals surface area contributed by atoms with Crippen LogP contribution in [-0.4, -0.2) is 21.7 Å². The molecular weight excluding hydrogens is 160 g/mol. The van der Waals surface area contributed by atoms with Crippen LogP contribution in [0, 0.1) is 0 Å². The molecule has 0 rings (SSSR count). The van der Waals surface area contributed by atoms with Crippen molar-refractivity contribution in [2.75, 3.05) is 11.5 Å². The largest absolute Gasteiger partial charge is 0.616 e. The Morgan fingerprint density at radius 1 is 1.45 bits per heavy atom. The average molecular weight is 177 g/mol. The molecule has 0 heterocycles. The van der Waals surface area contributed by atoms with Crippen LogP contribution >= 0.6 is 0 Å². The maximum atomic E-state index is 11.1. The van der Waals surface area contributed by atoms with Gasteiger partial charge in [0.15, 0.2) is 0 Å². The Balaban J connectivity index is 3.44. The molecule has 1 radical (unpaired) electrons. The van der Waals surface area contributed by atoms with Crippen molar-refractivity contribution in [2.45, 2.75) is 39.2 Å². The predicted molar refractivity (Wildman–Crippen MR) is 47.5 cm³/mol. The molecule has 0 aromatic rings. The van der Waals surface area contributed by atoms with E-state index in [1.54, 1.807) is 13.8 Å². The summed E-state index contributed by atoms with van der Waals surface area (Å²) in [6, 6.07) is 0. The molecule has 1 atom stereocenters. The lowest BCUT2D eigenvalue weighted by Crippen LogP contribution is -2.30. The van der Waals surface area contributed by atoms with E-state index in [1.807, 2.05) is 0 Å². The van der Waals surface area contributed by atoms with E-state index in [-0.39, 0.29) is 5.75 Å². The maximum Gasteiger partial charge on any atom is 0.142 e. The van der Waals surface area contributed by atoms with Gasteiger partial charge >= 0.3 is 0 Å². The maximum absolute atomic E-state index is 11.1. The Labute approximate surface area is 72.2 Å². The van der Waals surface area contributed by atoms with Gasteiger partial charge in [-0.2, -0.15) is 0 Å². The molecule has 0 saturated heterocycles. The van der Waals surface area contributed by atoms with Gasteiger partial charge in [0.25, 0.3) is 0 Å². The van der Waals surface area contributed by atoms with Crippen LogP contribution in [0.4, 0.5) is 0 Å². The van der Waals surface area contributed by atoms with Crippen molar-refractivity contribution in [2.24, 2.45) is 0 Å². The Bertz CT molecular complexity index is 98.8. The van der Waals surface area contributed by atoms with Crippen LogP contribution in [0.25, 0.3) is 0 Å². The van der Waals surface area contributed by atoms with E-state index in [4.69, 9.17) is 0 Å². The van der Waals surface area contributed by atoms with E-state index in [2.05, 4.69) is 6.92 Å². The molecule has 0 aliphatic rings. The third kappa shape index (κ3) is 8.17. The zero-order valence-corrected chi connectivity index (χ0v) is 8.37. The predicted octanol–water partition coefficient (Wildman–Crippen LogP) is 1.74.